The second-order valence-corrected chi connectivity index (χ2v) is 31.2. The lowest BCUT2D eigenvalue weighted by Crippen LogP contribution is -2.29. The number of carbonyl (C=O) groups is 4. The maximum absolute atomic E-state index is 11.6. The number of hydrogen-bond donors (Lipinski definition) is 0. The molecule has 4 aromatic rings. The molecule has 0 aliphatic carbocycles. The van der Waals surface area contributed by atoms with Crippen molar-refractivity contribution < 1.29 is 60.8 Å². The molecule has 0 amide bonds. The Morgan fingerprint density at radius 1 is 0.327 bits per heavy atom. The number of halogens is 3. The van der Waals surface area contributed by atoms with Gasteiger partial charge in [0.25, 0.3) is 0 Å². The van der Waals surface area contributed by atoms with E-state index in [-0.39, 0.29) is 50.4 Å². The van der Waals surface area contributed by atoms with Gasteiger partial charge in [0.05, 0.1) is 42.0 Å². The molecule has 13 heteroatoms. The second-order valence-electron chi connectivity index (χ2n) is 31.2. The monoisotopic (exact) mass is 1380 g/mol. The number of rotatable bonds is 23. The summed E-state index contributed by atoms with van der Waals surface area (Å²) in [4.78, 5) is 44.4. The molecule has 0 saturated heterocycles. The van der Waals surface area contributed by atoms with E-state index in [2.05, 4.69) is 230 Å². The predicted molar refractivity (Wildman–Crippen MR) is 408 cm³/mol. The van der Waals surface area contributed by atoms with E-state index in [1.165, 1.54) is 71.7 Å². The van der Waals surface area contributed by atoms with Crippen LogP contribution in [0.3, 0.4) is 0 Å². The van der Waals surface area contributed by atoms with E-state index in [1.807, 2.05) is 62.3 Å². The minimum Gasteiger partial charge on any atom is -0.469 e. The third-order valence-corrected chi connectivity index (χ3v) is 18.2. The summed E-state index contributed by atoms with van der Waals surface area (Å²) in [5.74, 6) is 1.51. The Hall–Kier alpha value is -5.53. The summed E-state index contributed by atoms with van der Waals surface area (Å²) in [6.45, 7) is 60.4. The third-order valence-electron chi connectivity index (χ3n) is 18.2. The maximum Gasteiger partial charge on any atom is 0.422 e. The summed E-state index contributed by atoms with van der Waals surface area (Å²) in [6, 6.07) is 37.9. The normalized spacial score (nSPS) is 12.8. The molecular weight excluding hydrogens is 1240 g/mol. The maximum atomic E-state index is 11.6. The number of ether oxygens (including phenoxy) is 6. The largest absolute Gasteiger partial charge is 0.469 e. The zero-order valence-electron chi connectivity index (χ0n) is 68.0. The first-order valence-electron chi connectivity index (χ1n) is 36.0. The number of methoxy groups -OCH3 is 3. The first-order chi connectivity index (χ1) is 45.0. The van der Waals surface area contributed by atoms with Crippen molar-refractivity contribution in [2.45, 2.75) is 298 Å². The first kappa shape index (κ1) is 98.8. The zero-order chi connectivity index (χ0) is 77.1. The van der Waals surface area contributed by atoms with Crippen molar-refractivity contribution in [3.05, 3.63) is 142 Å². The molecule has 0 N–H and O–H groups in total. The molecule has 0 aliphatic rings. The molecular formula is C85H143F3O10. The number of esters is 4. The fourth-order valence-corrected chi connectivity index (χ4v) is 7.68. The summed E-state index contributed by atoms with van der Waals surface area (Å²) < 4.78 is 63.0. The van der Waals surface area contributed by atoms with Crippen molar-refractivity contribution in [1.29, 1.82) is 0 Å². The lowest BCUT2D eigenvalue weighted by Gasteiger charge is -2.20. The van der Waals surface area contributed by atoms with E-state index in [9.17, 15) is 32.3 Å². The smallest absolute Gasteiger partial charge is 0.422 e. The van der Waals surface area contributed by atoms with Crippen LogP contribution in [0, 0.1) is 21.7 Å². The van der Waals surface area contributed by atoms with Gasteiger partial charge in [0, 0.05) is 14.2 Å². The molecule has 0 saturated carbocycles. The van der Waals surface area contributed by atoms with Crippen molar-refractivity contribution in [2.75, 3.05) is 54.4 Å². The first-order valence-corrected chi connectivity index (χ1v) is 36.0. The highest BCUT2D eigenvalue weighted by Crippen LogP contribution is 2.30. The molecule has 4 aromatic carbocycles. The second kappa shape index (κ2) is 49.1. The highest BCUT2D eigenvalue weighted by Gasteiger charge is 2.34. The van der Waals surface area contributed by atoms with Gasteiger partial charge in [0.2, 0.25) is 0 Å². The Bertz CT molecular complexity index is 2500. The standard InChI is InChI=1S/3C14H22.C10H14.2C9H18O3.C8H13F3O2.C7H14O2/c3*1-6-11(2)12-7-9-13(10-8-12)14(3,4)5;1-3-9(2)10-7-5-4-6-8-10;2*1-5-9(2,3)8(10)12-7-6-11-4;1-4-7(2,3)6(12)13-5-8(9,10)11;1-5-7(2,3)6(8)9-4/h3*7-11H,6H2,1-5H3;4-9H,3H2,1-2H3;2*5-7H2,1-4H3;4-5H2,1-3H3;5H2,1-4H3. The van der Waals surface area contributed by atoms with E-state index in [0.717, 1.165) is 19.3 Å². The van der Waals surface area contributed by atoms with Gasteiger partial charge in [-0.3, -0.25) is 19.2 Å². The Labute approximate surface area is 598 Å². The average molecular weight is 1380 g/mol. The highest BCUT2D eigenvalue weighted by molar-refractivity contribution is 5.77. The van der Waals surface area contributed by atoms with Crippen LogP contribution in [0.1, 0.15) is 315 Å². The fourth-order valence-electron chi connectivity index (χ4n) is 7.68. The van der Waals surface area contributed by atoms with Crippen molar-refractivity contribution in [3.8, 4) is 0 Å². The van der Waals surface area contributed by atoms with Gasteiger partial charge in [-0.15, -0.1) is 0 Å². The lowest BCUT2D eigenvalue weighted by atomic mass is 9.85. The van der Waals surface area contributed by atoms with Crippen LogP contribution < -0.4 is 0 Å². The summed E-state index contributed by atoms with van der Waals surface area (Å²) in [6.07, 6.45) is 3.28. The lowest BCUT2D eigenvalue weighted by molar-refractivity contribution is -0.192. The van der Waals surface area contributed by atoms with Gasteiger partial charge >= 0.3 is 30.1 Å². The molecule has 10 nitrogen and oxygen atoms in total. The molecule has 0 heterocycles. The van der Waals surface area contributed by atoms with Crippen LogP contribution in [-0.2, 0) is 63.8 Å². The Kier molecular flexibility index (Phi) is 49.5. The summed E-state index contributed by atoms with van der Waals surface area (Å²) in [5, 5.41) is 0. The van der Waals surface area contributed by atoms with Gasteiger partial charge in [-0.1, -0.05) is 249 Å². The number of carbonyl (C=O) groups excluding carboxylic acids is 4. The van der Waals surface area contributed by atoms with Gasteiger partial charge < -0.3 is 28.4 Å². The Morgan fingerprint density at radius 3 is 0.735 bits per heavy atom. The van der Waals surface area contributed by atoms with Crippen LogP contribution in [0.5, 0.6) is 0 Å². The van der Waals surface area contributed by atoms with E-state index in [0.29, 0.717) is 56.5 Å². The van der Waals surface area contributed by atoms with E-state index in [1.54, 1.807) is 35.0 Å². The van der Waals surface area contributed by atoms with Crippen LogP contribution in [0.15, 0.2) is 103 Å². The molecule has 0 aliphatic heterocycles. The van der Waals surface area contributed by atoms with E-state index >= 15 is 0 Å². The van der Waals surface area contributed by atoms with E-state index in [4.69, 9.17) is 18.9 Å². The molecule has 98 heavy (non-hydrogen) atoms. The molecule has 0 radical (unpaired) electrons. The van der Waals surface area contributed by atoms with Crippen LogP contribution in [0.2, 0.25) is 0 Å². The SMILES string of the molecule is CCC(C)(C)C(=O)OC.CCC(C)(C)C(=O)OCC(F)(F)F.CCC(C)(C)C(=O)OCCOC.CCC(C)(C)C(=O)OCCOC.CCC(C)c1ccc(C(C)(C)C)cc1.CCC(C)c1ccc(C(C)(C)C)cc1.CCC(C)c1ccc(C(C)(C)C)cc1.CCC(C)c1ccccc1. The quantitative estimate of drug-likeness (QED) is 0.0403. The van der Waals surface area contributed by atoms with Crippen molar-refractivity contribution in [1.82, 2.24) is 0 Å². The van der Waals surface area contributed by atoms with Crippen LogP contribution in [-0.4, -0.2) is 84.4 Å². The molecule has 564 valence electrons. The van der Waals surface area contributed by atoms with Gasteiger partial charge in [0.15, 0.2) is 6.61 Å². The third kappa shape index (κ3) is 43.9. The fraction of sp³-hybridized carbons (Fsp3) is 0.671. The zero-order valence-corrected chi connectivity index (χ0v) is 68.0. The van der Waals surface area contributed by atoms with E-state index < -0.39 is 24.2 Å². The molecule has 0 aromatic heterocycles. The van der Waals surface area contributed by atoms with Gasteiger partial charge in [-0.05, 0) is 186 Å². The summed E-state index contributed by atoms with van der Waals surface area (Å²) in [7, 11) is 4.58. The van der Waals surface area contributed by atoms with Crippen molar-refractivity contribution in [2.24, 2.45) is 21.7 Å². The van der Waals surface area contributed by atoms with Crippen LogP contribution >= 0.6 is 0 Å². The number of alkyl halides is 3. The van der Waals surface area contributed by atoms with Crippen molar-refractivity contribution >= 4 is 23.9 Å². The molecule has 0 fully saturated rings. The van der Waals surface area contributed by atoms with Crippen molar-refractivity contribution in [3.63, 3.8) is 0 Å². The summed E-state index contributed by atoms with van der Waals surface area (Å²) >= 11 is 0. The topological polar surface area (TPSA) is 124 Å². The minimum absolute atomic E-state index is 0.134. The molecule has 0 bridgehead atoms. The van der Waals surface area contributed by atoms with Gasteiger partial charge in [-0.25, -0.2) is 0 Å². The van der Waals surface area contributed by atoms with Gasteiger partial charge in [0.1, 0.15) is 13.2 Å². The highest BCUT2D eigenvalue weighted by atomic mass is 19.4. The molecule has 4 unspecified atom stereocenters. The van der Waals surface area contributed by atoms with Crippen LogP contribution in [0.4, 0.5) is 13.2 Å². The summed E-state index contributed by atoms with van der Waals surface area (Å²) in [5.41, 5.74) is 9.02. The van der Waals surface area contributed by atoms with Crippen LogP contribution in [0.25, 0.3) is 0 Å². The number of benzene rings is 4. The average Bonchev–Trinajstić information content (AvgIpc) is 0.941. The van der Waals surface area contributed by atoms with Gasteiger partial charge in [-0.2, -0.15) is 13.2 Å². The Balaban J connectivity index is -0.000000517. The number of hydrogen-bond acceptors (Lipinski definition) is 10. The molecule has 4 rings (SSSR count). The predicted octanol–water partition coefficient (Wildman–Crippen LogP) is 24.0. The molecule has 4 atom stereocenters. The Morgan fingerprint density at radius 2 is 0.551 bits per heavy atom. The minimum atomic E-state index is -4.44. The molecule has 0 spiro atoms.